The highest BCUT2D eigenvalue weighted by atomic mass is 14.9. The van der Waals surface area contributed by atoms with Crippen LogP contribution in [-0.2, 0) is 6.54 Å². The fourth-order valence-corrected chi connectivity index (χ4v) is 4.71. The van der Waals surface area contributed by atoms with Crippen molar-refractivity contribution >= 4 is 0 Å². The van der Waals surface area contributed by atoms with Gasteiger partial charge in [0.25, 0.3) is 0 Å². The van der Waals surface area contributed by atoms with Crippen molar-refractivity contribution < 1.29 is 0 Å². The van der Waals surface area contributed by atoms with Crippen LogP contribution in [0.2, 0.25) is 0 Å². The molecule has 0 saturated heterocycles. The van der Waals surface area contributed by atoms with E-state index in [1.165, 1.54) is 80.1 Å². The minimum Gasteiger partial charge on any atom is -0.312 e. The van der Waals surface area contributed by atoms with Gasteiger partial charge in [-0.15, -0.1) is 0 Å². The number of benzene rings is 1. The van der Waals surface area contributed by atoms with Gasteiger partial charge < -0.3 is 10.6 Å². The van der Waals surface area contributed by atoms with E-state index in [1.54, 1.807) is 0 Å². The van der Waals surface area contributed by atoms with Gasteiger partial charge in [-0.1, -0.05) is 110 Å². The van der Waals surface area contributed by atoms with Crippen LogP contribution in [0.5, 0.6) is 0 Å². The lowest BCUT2D eigenvalue weighted by Crippen LogP contribution is -2.31. The maximum absolute atomic E-state index is 4.36. The Kier molecular flexibility index (Phi) is 22.4. The molecule has 0 radical (unpaired) electrons. The first-order valence-electron chi connectivity index (χ1n) is 15.6. The molecule has 2 fully saturated rings. The number of allylic oxidation sites excluding steroid dienone is 2. The van der Waals surface area contributed by atoms with Gasteiger partial charge in [-0.2, -0.15) is 0 Å². The summed E-state index contributed by atoms with van der Waals surface area (Å²) in [7, 11) is 0. The maximum atomic E-state index is 4.36. The third kappa shape index (κ3) is 14.8. The summed E-state index contributed by atoms with van der Waals surface area (Å²) in [6.45, 7) is 27.0. The summed E-state index contributed by atoms with van der Waals surface area (Å²) >= 11 is 0. The molecule has 2 heteroatoms. The van der Waals surface area contributed by atoms with Crippen LogP contribution in [0, 0.1) is 24.7 Å². The zero-order valence-corrected chi connectivity index (χ0v) is 25.8. The van der Waals surface area contributed by atoms with Crippen molar-refractivity contribution in [2.45, 2.75) is 113 Å². The van der Waals surface area contributed by atoms with E-state index in [1.807, 2.05) is 33.8 Å². The molecule has 2 N–H and O–H groups in total. The number of nitrogens with one attached hydrogen (secondary N) is 2. The van der Waals surface area contributed by atoms with Crippen molar-refractivity contribution in [3.8, 4) is 0 Å². The van der Waals surface area contributed by atoms with Crippen molar-refractivity contribution in [2.75, 3.05) is 19.6 Å². The number of unbranched alkanes of at least 4 members (excludes halogenated alkanes) is 1. The first-order valence-corrected chi connectivity index (χ1v) is 15.6. The van der Waals surface area contributed by atoms with E-state index in [0.29, 0.717) is 5.92 Å². The highest BCUT2D eigenvalue weighted by molar-refractivity contribution is 5.35. The number of hydrogen-bond donors (Lipinski definition) is 2. The Labute approximate surface area is 232 Å². The van der Waals surface area contributed by atoms with Crippen molar-refractivity contribution in [3.63, 3.8) is 0 Å². The van der Waals surface area contributed by atoms with Crippen LogP contribution < -0.4 is 10.6 Å². The molecule has 212 valence electrons. The molecule has 2 aliphatic carbocycles. The van der Waals surface area contributed by atoms with Crippen LogP contribution in [0.3, 0.4) is 0 Å². The Balaban J connectivity index is 0.00000145. The third-order valence-electron chi connectivity index (χ3n) is 7.55. The summed E-state index contributed by atoms with van der Waals surface area (Å²) in [4.78, 5) is 0. The zero-order chi connectivity index (χ0) is 27.9. The van der Waals surface area contributed by atoms with E-state index < -0.39 is 0 Å². The highest BCUT2D eigenvalue weighted by Crippen LogP contribution is 2.35. The predicted octanol–water partition coefficient (Wildman–Crippen LogP) is 9.81. The molecule has 1 aromatic rings. The van der Waals surface area contributed by atoms with Gasteiger partial charge in [-0.05, 0) is 98.6 Å². The van der Waals surface area contributed by atoms with Crippen molar-refractivity contribution in [2.24, 2.45) is 17.8 Å². The molecule has 0 bridgehead atoms. The summed E-state index contributed by atoms with van der Waals surface area (Å²) < 4.78 is 0. The molecule has 0 amide bonds. The molecule has 2 nitrogen and oxygen atoms in total. The zero-order valence-electron chi connectivity index (χ0n) is 25.8. The average Bonchev–Trinajstić information content (AvgIpc) is 2.91. The highest BCUT2D eigenvalue weighted by Gasteiger charge is 2.23. The molecule has 0 aromatic heterocycles. The van der Waals surface area contributed by atoms with Crippen molar-refractivity contribution in [1.29, 1.82) is 0 Å². The lowest BCUT2D eigenvalue weighted by molar-refractivity contribution is 0.262. The average molecular weight is 511 g/mol. The lowest BCUT2D eigenvalue weighted by atomic mass is 9.77. The van der Waals surface area contributed by atoms with E-state index in [9.17, 15) is 0 Å². The Hall–Kier alpha value is -1.64. The molecule has 0 spiro atoms. The maximum Gasteiger partial charge on any atom is 0.0208 e. The van der Waals surface area contributed by atoms with E-state index in [2.05, 4.69) is 74.9 Å². The minimum atomic E-state index is 0.714. The topological polar surface area (TPSA) is 24.1 Å². The van der Waals surface area contributed by atoms with Crippen LogP contribution in [0.4, 0.5) is 0 Å². The third-order valence-corrected chi connectivity index (χ3v) is 7.55. The number of hydrogen-bond acceptors (Lipinski definition) is 2. The van der Waals surface area contributed by atoms with Crippen molar-refractivity contribution in [3.05, 3.63) is 71.8 Å². The molecule has 0 heterocycles. The van der Waals surface area contributed by atoms with Crippen LogP contribution in [0.25, 0.3) is 0 Å². The summed E-state index contributed by atoms with van der Waals surface area (Å²) in [6.07, 6.45) is 16.1. The molecule has 37 heavy (non-hydrogen) atoms. The smallest absolute Gasteiger partial charge is 0.0208 e. The summed E-state index contributed by atoms with van der Waals surface area (Å²) in [6, 6.07) is 8.69. The van der Waals surface area contributed by atoms with Crippen LogP contribution in [0.15, 0.2) is 60.7 Å². The summed E-state index contributed by atoms with van der Waals surface area (Å²) in [5.41, 5.74) is 5.52. The second-order valence-electron chi connectivity index (χ2n) is 10.2. The monoisotopic (exact) mass is 510 g/mol. The van der Waals surface area contributed by atoms with Crippen molar-refractivity contribution in [1.82, 2.24) is 10.6 Å². The number of aryl methyl sites for hydroxylation is 1. The van der Waals surface area contributed by atoms with Gasteiger partial charge in [0.05, 0.1) is 0 Å². The molecule has 0 aliphatic heterocycles. The second kappa shape index (κ2) is 23.5. The van der Waals surface area contributed by atoms with Gasteiger partial charge in [0, 0.05) is 13.1 Å². The lowest BCUT2D eigenvalue weighted by Gasteiger charge is -2.31. The van der Waals surface area contributed by atoms with Gasteiger partial charge in [0.1, 0.15) is 0 Å². The summed E-state index contributed by atoms with van der Waals surface area (Å²) in [5.74, 6) is 2.38. The predicted molar refractivity (Wildman–Crippen MR) is 169 cm³/mol. The van der Waals surface area contributed by atoms with Crippen LogP contribution in [0.1, 0.15) is 110 Å². The van der Waals surface area contributed by atoms with E-state index in [4.69, 9.17) is 0 Å². The van der Waals surface area contributed by atoms with Crippen LogP contribution in [-0.4, -0.2) is 19.6 Å². The normalized spacial score (nSPS) is 19.1. The van der Waals surface area contributed by atoms with Crippen LogP contribution >= 0.6 is 0 Å². The molecule has 1 aromatic carbocycles. The van der Waals surface area contributed by atoms with Gasteiger partial charge in [-0.25, -0.2) is 0 Å². The Bertz CT molecular complexity index is 719. The fourth-order valence-electron chi connectivity index (χ4n) is 4.71. The standard InChI is InChI=1S/C27H40N2.C4H10.2C2H6/c1-4-8-27(22(3)25-11-7-12-25)20-29-18-24-15-13-23(14-16-24)17-28-19-26-10-6-5-9-21(26)2;1-3-4-2;2*1-2/h4-6,8-10,23-25,28-29H,1,3,7,11-20H2,2H3;3-4H2,1-2H3;2*1-2H3/b27-8-;;;. The van der Waals surface area contributed by atoms with E-state index >= 15 is 0 Å². The van der Waals surface area contributed by atoms with E-state index in [0.717, 1.165) is 38.0 Å². The number of rotatable bonds is 12. The first-order chi connectivity index (χ1) is 18.1. The quantitative estimate of drug-likeness (QED) is 0.273. The first kappa shape index (κ1) is 35.4. The molecule has 2 aliphatic rings. The molecular formula is C35H62N2. The Morgan fingerprint density at radius 1 is 0.865 bits per heavy atom. The molecule has 0 atom stereocenters. The van der Waals surface area contributed by atoms with Gasteiger partial charge >= 0.3 is 0 Å². The molecular weight excluding hydrogens is 448 g/mol. The van der Waals surface area contributed by atoms with Gasteiger partial charge in [0.2, 0.25) is 0 Å². The Morgan fingerprint density at radius 2 is 1.41 bits per heavy atom. The van der Waals surface area contributed by atoms with Gasteiger partial charge in [-0.3, -0.25) is 0 Å². The van der Waals surface area contributed by atoms with Gasteiger partial charge in [0.15, 0.2) is 0 Å². The SMILES string of the molecule is C=C/C=C(/CNCC1CCC(CNCc2ccccc2C)CC1)C(=C)C1CCC1.CC.CC.CCCC. The largest absolute Gasteiger partial charge is 0.312 e. The minimum absolute atomic E-state index is 0.714. The molecule has 2 saturated carbocycles. The molecule has 3 rings (SSSR count). The van der Waals surface area contributed by atoms with E-state index in [-0.39, 0.29) is 0 Å². The molecule has 0 unspecified atom stereocenters. The summed E-state index contributed by atoms with van der Waals surface area (Å²) in [5, 5.41) is 7.41. The second-order valence-corrected chi connectivity index (χ2v) is 10.2. The fraction of sp³-hybridized carbons (Fsp3) is 0.657. The Morgan fingerprint density at radius 3 is 1.86 bits per heavy atom.